The van der Waals surface area contributed by atoms with Gasteiger partial charge in [-0.25, -0.2) is 0 Å². The third-order valence-corrected chi connectivity index (χ3v) is 1.11. The Kier molecular flexibility index (Phi) is 0.849. The third kappa shape index (κ3) is 0.445. The van der Waals surface area contributed by atoms with Crippen LogP contribution in [-0.4, -0.2) is 32.3 Å². The van der Waals surface area contributed by atoms with E-state index in [1.54, 1.807) is 0 Å². The minimum absolute atomic E-state index is 0.593. The number of aliphatic hydroxyl groups is 4. The Morgan fingerprint density at radius 1 is 1.50 bits per heavy atom. The minimum atomic E-state index is -2.39. The van der Waals surface area contributed by atoms with Gasteiger partial charge in [-0.2, -0.15) is 0 Å². The molecular weight excluding hydrogens is 112 g/mol. The molecule has 0 heterocycles. The van der Waals surface area contributed by atoms with Gasteiger partial charge in [0.1, 0.15) is 6.10 Å². The summed E-state index contributed by atoms with van der Waals surface area (Å²) in [7, 11) is 0. The van der Waals surface area contributed by atoms with E-state index in [1.165, 1.54) is 0 Å². The van der Waals surface area contributed by atoms with Crippen LogP contribution in [0, 0.1) is 0 Å². The summed E-state index contributed by atoms with van der Waals surface area (Å²) < 4.78 is 0. The first kappa shape index (κ1) is 5.55. The van der Waals surface area contributed by atoms with E-state index in [0.29, 0.717) is 0 Å². The molecule has 0 amide bonds. The Balaban J connectivity index is 2.77. The molecule has 1 unspecified atom stereocenters. The van der Waals surface area contributed by atoms with Crippen molar-refractivity contribution in [3.8, 4) is 0 Å². The van der Waals surface area contributed by atoms with Crippen LogP contribution in [0.3, 0.4) is 0 Å². The standard InChI is InChI=1S/C4H6O4/c5-2-1-3(6)4(2,7)8/h1-2,5-8H. The summed E-state index contributed by atoms with van der Waals surface area (Å²) >= 11 is 0. The molecule has 4 heteroatoms. The van der Waals surface area contributed by atoms with E-state index in [2.05, 4.69) is 0 Å². The predicted molar refractivity (Wildman–Crippen MR) is 23.9 cm³/mol. The molecule has 0 saturated carbocycles. The highest BCUT2D eigenvalue weighted by Gasteiger charge is 2.45. The molecule has 0 saturated heterocycles. The molecule has 0 aliphatic heterocycles. The van der Waals surface area contributed by atoms with Crippen LogP contribution in [0.1, 0.15) is 0 Å². The quantitative estimate of drug-likeness (QED) is 0.291. The summed E-state index contributed by atoms with van der Waals surface area (Å²) in [5, 5.41) is 33.6. The summed E-state index contributed by atoms with van der Waals surface area (Å²) in [4.78, 5) is 0. The highest BCUT2D eigenvalue weighted by Crippen LogP contribution is 2.26. The van der Waals surface area contributed by atoms with E-state index in [1.807, 2.05) is 0 Å². The van der Waals surface area contributed by atoms with Crippen molar-refractivity contribution in [2.75, 3.05) is 0 Å². The highest BCUT2D eigenvalue weighted by molar-refractivity contribution is 5.22. The van der Waals surface area contributed by atoms with Gasteiger partial charge < -0.3 is 20.4 Å². The van der Waals surface area contributed by atoms with Gasteiger partial charge in [0.25, 0.3) is 5.79 Å². The van der Waals surface area contributed by atoms with Gasteiger partial charge in [0.15, 0.2) is 5.76 Å². The Hall–Kier alpha value is -0.580. The zero-order valence-electron chi connectivity index (χ0n) is 3.94. The summed E-state index contributed by atoms with van der Waals surface area (Å²) in [5.41, 5.74) is 0. The molecule has 0 radical (unpaired) electrons. The van der Waals surface area contributed by atoms with E-state index in [4.69, 9.17) is 20.4 Å². The molecule has 0 aromatic carbocycles. The van der Waals surface area contributed by atoms with Crippen LogP contribution < -0.4 is 0 Å². The van der Waals surface area contributed by atoms with Crippen molar-refractivity contribution in [2.45, 2.75) is 11.9 Å². The van der Waals surface area contributed by atoms with E-state index in [-0.39, 0.29) is 0 Å². The Morgan fingerprint density at radius 3 is 2.00 bits per heavy atom. The number of hydrogen-bond acceptors (Lipinski definition) is 4. The largest absolute Gasteiger partial charge is 0.507 e. The van der Waals surface area contributed by atoms with Crippen LogP contribution >= 0.6 is 0 Å². The van der Waals surface area contributed by atoms with Crippen molar-refractivity contribution >= 4 is 0 Å². The fraction of sp³-hybridized carbons (Fsp3) is 0.500. The molecule has 1 rings (SSSR count). The second-order valence-corrected chi connectivity index (χ2v) is 1.72. The smallest absolute Gasteiger partial charge is 0.253 e. The van der Waals surface area contributed by atoms with Crippen molar-refractivity contribution in [1.29, 1.82) is 0 Å². The van der Waals surface area contributed by atoms with Gasteiger partial charge in [-0.3, -0.25) is 0 Å². The van der Waals surface area contributed by atoms with E-state index < -0.39 is 17.7 Å². The molecule has 4 nitrogen and oxygen atoms in total. The summed E-state index contributed by atoms with van der Waals surface area (Å²) in [5.74, 6) is -2.98. The van der Waals surface area contributed by atoms with Crippen LogP contribution in [0.15, 0.2) is 11.8 Å². The van der Waals surface area contributed by atoms with E-state index in [0.717, 1.165) is 6.08 Å². The van der Waals surface area contributed by atoms with Crippen molar-refractivity contribution in [3.05, 3.63) is 11.8 Å². The Labute approximate surface area is 45.3 Å². The molecular formula is C4H6O4. The number of rotatable bonds is 0. The van der Waals surface area contributed by atoms with Gasteiger partial charge in [0.05, 0.1) is 0 Å². The van der Waals surface area contributed by atoms with E-state index in [9.17, 15) is 0 Å². The molecule has 0 aromatic heterocycles. The van der Waals surface area contributed by atoms with Crippen molar-refractivity contribution in [3.63, 3.8) is 0 Å². The molecule has 1 atom stereocenters. The molecule has 0 bridgehead atoms. The van der Waals surface area contributed by atoms with Crippen LogP contribution in [0.5, 0.6) is 0 Å². The van der Waals surface area contributed by atoms with Gasteiger partial charge in [-0.15, -0.1) is 0 Å². The lowest BCUT2D eigenvalue weighted by Crippen LogP contribution is -2.50. The lowest BCUT2D eigenvalue weighted by Gasteiger charge is -2.32. The molecule has 1 aliphatic rings. The second kappa shape index (κ2) is 1.22. The van der Waals surface area contributed by atoms with Crippen molar-refractivity contribution < 1.29 is 20.4 Å². The number of aliphatic hydroxyl groups excluding tert-OH is 2. The summed E-state index contributed by atoms with van der Waals surface area (Å²) in [6.45, 7) is 0. The van der Waals surface area contributed by atoms with Gasteiger partial charge in [-0.05, 0) is 6.08 Å². The minimum Gasteiger partial charge on any atom is -0.507 e. The zero-order chi connectivity index (χ0) is 6.36. The molecule has 46 valence electrons. The summed E-state index contributed by atoms with van der Waals surface area (Å²) in [6.07, 6.45) is -0.400. The van der Waals surface area contributed by atoms with Crippen LogP contribution in [0.4, 0.5) is 0 Å². The molecule has 0 spiro atoms. The van der Waals surface area contributed by atoms with Gasteiger partial charge >= 0.3 is 0 Å². The lowest BCUT2D eigenvalue weighted by atomic mass is 9.96. The second-order valence-electron chi connectivity index (χ2n) is 1.72. The fourth-order valence-electron chi connectivity index (χ4n) is 0.444. The molecule has 1 aliphatic carbocycles. The van der Waals surface area contributed by atoms with Gasteiger partial charge in [-0.1, -0.05) is 0 Å². The average molecular weight is 118 g/mol. The van der Waals surface area contributed by atoms with Gasteiger partial charge in [0, 0.05) is 0 Å². The first-order valence-corrected chi connectivity index (χ1v) is 2.09. The highest BCUT2D eigenvalue weighted by atomic mass is 16.5. The molecule has 0 fully saturated rings. The van der Waals surface area contributed by atoms with Crippen molar-refractivity contribution in [2.24, 2.45) is 0 Å². The lowest BCUT2D eigenvalue weighted by molar-refractivity contribution is -0.223. The molecule has 0 aromatic rings. The van der Waals surface area contributed by atoms with Crippen LogP contribution in [-0.2, 0) is 0 Å². The molecule has 4 N–H and O–H groups in total. The summed E-state index contributed by atoms with van der Waals surface area (Å²) in [6, 6.07) is 0. The zero-order valence-corrected chi connectivity index (χ0v) is 3.94. The first-order chi connectivity index (χ1) is 3.55. The number of hydrogen-bond donors (Lipinski definition) is 4. The fourth-order valence-corrected chi connectivity index (χ4v) is 0.444. The van der Waals surface area contributed by atoms with Crippen LogP contribution in [0.2, 0.25) is 0 Å². The maximum Gasteiger partial charge on any atom is 0.253 e. The maximum atomic E-state index is 8.44. The Morgan fingerprint density at radius 2 is 2.00 bits per heavy atom. The van der Waals surface area contributed by atoms with Crippen molar-refractivity contribution in [1.82, 2.24) is 0 Å². The average Bonchev–Trinajstić information content (AvgIpc) is 1.68. The Bertz CT molecular complexity index is 137. The monoisotopic (exact) mass is 118 g/mol. The normalized spacial score (nSPS) is 33.4. The van der Waals surface area contributed by atoms with Gasteiger partial charge in [0.2, 0.25) is 0 Å². The predicted octanol–water partition coefficient (Wildman–Crippen LogP) is -1.52. The van der Waals surface area contributed by atoms with E-state index >= 15 is 0 Å². The van der Waals surface area contributed by atoms with Crippen LogP contribution in [0.25, 0.3) is 0 Å². The maximum absolute atomic E-state index is 8.44. The SMILES string of the molecule is OC1=CC(O)C1(O)O. The third-order valence-electron chi connectivity index (χ3n) is 1.11. The first-order valence-electron chi connectivity index (χ1n) is 2.09. The topological polar surface area (TPSA) is 80.9 Å². The molecule has 8 heavy (non-hydrogen) atoms.